The zero-order valence-electron chi connectivity index (χ0n) is 12.5. The van der Waals surface area contributed by atoms with Crippen molar-refractivity contribution < 1.29 is 4.79 Å². The van der Waals surface area contributed by atoms with E-state index in [1.165, 1.54) is 19.3 Å². The van der Waals surface area contributed by atoms with Gasteiger partial charge < -0.3 is 11.1 Å². The molecular formula is C15H30N2O. The molecule has 0 aromatic heterocycles. The first-order valence-corrected chi connectivity index (χ1v) is 7.31. The Kier molecular flexibility index (Phi) is 5.64. The monoisotopic (exact) mass is 254 g/mol. The molecule has 0 radical (unpaired) electrons. The van der Waals surface area contributed by atoms with Gasteiger partial charge in [-0.3, -0.25) is 4.79 Å². The van der Waals surface area contributed by atoms with Gasteiger partial charge in [0.25, 0.3) is 0 Å². The van der Waals surface area contributed by atoms with E-state index in [4.69, 9.17) is 5.73 Å². The molecular weight excluding hydrogens is 224 g/mol. The first-order valence-electron chi connectivity index (χ1n) is 7.31. The molecule has 0 saturated heterocycles. The van der Waals surface area contributed by atoms with Gasteiger partial charge in [-0.05, 0) is 42.6 Å². The van der Waals surface area contributed by atoms with Crippen LogP contribution in [-0.4, -0.2) is 19.0 Å². The number of amides is 1. The maximum atomic E-state index is 11.9. The van der Waals surface area contributed by atoms with Gasteiger partial charge in [0.2, 0.25) is 5.91 Å². The molecule has 3 nitrogen and oxygen atoms in total. The minimum atomic E-state index is 0.195. The highest BCUT2D eigenvalue weighted by atomic mass is 16.1. The van der Waals surface area contributed by atoms with E-state index < -0.39 is 0 Å². The van der Waals surface area contributed by atoms with Crippen molar-refractivity contribution in [2.45, 2.75) is 53.4 Å². The first kappa shape index (κ1) is 15.5. The van der Waals surface area contributed by atoms with Crippen LogP contribution in [0.1, 0.15) is 53.4 Å². The molecule has 3 atom stereocenters. The average molecular weight is 254 g/mol. The fourth-order valence-electron chi connectivity index (χ4n) is 2.59. The number of carbonyl (C=O) groups excluding carboxylic acids is 1. The molecule has 3 unspecified atom stereocenters. The van der Waals surface area contributed by atoms with E-state index in [1.54, 1.807) is 0 Å². The summed E-state index contributed by atoms with van der Waals surface area (Å²) < 4.78 is 0. The lowest BCUT2D eigenvalue weighted by atomic mass is 9.80. The van der Waals surface area contributed by atoms with Crippen molar-refractivity contribution in [3.8, 4) is 0 Å². The van der Waals surface area contributed by atoms with Crippen molar-refractivity contribution in [2.75, 3.05) is 13.1 Å². The molecule has 1 rings (SSSR count). The van der Waals surface area contributed by atoms with Crippen LogP contribution in [0, 0.1) is 23.2 Å². The summed E-state index contributed by atoms with van der Waals surface area (Å²) in [7, 11) is 0. The highest BCUT2D eigenvalue weighted by Gasteiger charge is 2.27. The number of hydrogen-bond acceptors (Lipinski definition) is 2. The summed E-state index contributed by atoms with van der Waals surface area (Å²) in [6.45, 7) is 10.3. The van der Waals surface area contributed by atoms with Crippen molar-refractivity contribution in [3.05, 3.63) is 0 Å². The predicted molar refractivity (Wildman–Crippen MR) is 76.1 cm³/mol. The fourth-order valence-corrected chi connectivity index (χ4v) is 2.59. The summed E-state index contributed by atoms with van der Waals surface area (Å²) >= 11 is 0. The number of hydrogen-bond donors (Lipinski definition) is 2. The second kappa shape index (κ2) is 6.55. The molecule has 1 saturated carbocycles. The number of carbonyl (C=O) groups is 1. The molecule has 0 bridgehead atoms. The standard InChI is InChI=1S/C15H30N2O/c1-11(15(2,3)4)8-14(18)17-10-13-7-5-6-12(13)9-16/h11-13H,5-10,16H2,1-4H3,(H,17,18). The second-order valence-electron chi connectivity index (χ2n) is 6.96. The molecule has 106 valence electrons. The molecule has 1 aliphatic carbocycles. The average Bonchev–Trinajstić information content (AvgIpc) is 2.72. The van der Waals surface area contributed by atoms with Crippen LogP contribution in [0.15, 0.2) is 0 Å². The molecule has 1 amide bonds. The molecule has 0 spiro atoms. The third kappa shape index (κ3) is 4.60. The Labute approximate surface area is 112 Å². The third-order valence-electron chi connectivity index (χ3n) is 4.65. The zero-order valence-corrected chi connectivity index (χ0v) is 12.5. The predicted octanol–water partition coefficient (Wildman–Crippen LogP) is 2.55. The van der Waals surface area contributed by atoms with E-state index in [1.807, 2.05) is 0 Å². The van der Waals surface area contributed by atoms with Gasteiger partial charge in [-0.2, -0.15) is 0 Å². The van der Waals surface area contributed by atoms with Crippen molar-refractivity contribution in [2.24, 2.45) is 28.9 Å². The maximum absolute atomic E-state index is 11.9. The molecule has 3 heteroatoms. The minimum Gasteiger partial charge on any atom is -0.356 e. The van der Waals surface area contributed by atoms with Gasteiger partial charge in [0.05, 0.1) is 0 Å². The molecule has 0 aromatic rings. The van der Waals surface area contributed by atoms with Crippen LogP contribution in [0.4, 0.5) is 0 Å². The Morgan fingerprint density at radius 2 is 1.94 bits per heavy atom. The highest BCUT2D eigenvalue weighted by Crippen LogP contribution is 2.31. The Morgan fingerprint density at radius 3 is 2.50 bits per heavy atom. The highest BCUT2D eigenvalue weighted by molar-refractivity contribution is 5.76. The van der Waals surface area contributed by atoms with Crippen LogP contribution >= 0.6 is 0 Å². The smallest absolute Gasteiger partial charge is 0.220 e. The summed E-state index contributed by atoms with van der Waals surface area (Å²) in [6, 6.07) is 0. The van der Waals surface area contributed by atoms with Gasteiger partial charge in [-0.15, -0.1) is 0 Å². The normalized spacial score (nSPS) is 26.1. The van der Waals surface area contributed by atoms with Crippen molar-refractivity contribution >= 4 is 5.91 Å². The topological polar surface area (TPSA) is 55.1 Å². The molecule has 0 heterocycles. The van der Waals surface area contributed by atoms with E-state index in [-0.39, 0.29) is 11.3 Å². The molecule has 0 aliphatic heterocycles. The Bertz CT molecular complexity index is 270. The summed E-state index contributed by atoms with van der Waals surface area (Å²) in [6.07, 6.45) is 4.34. The van der Waals surface area contributed by atoms with Crippen LogP contribution in [0.3, 0.4) is 0 Å². The summed E-state index contributed by atoms with van der Waals surface area (Å²) in [5.41, 5.74) is 5.95. The van der Waals surface area contributed by atoms with Gasteiger partial charge in [-0.1, -0.05) is 34.1 Å². The van der Waals surface area contributed by atoms with Gasteiger partial charge in [0.1, 0.15) is 0 Å². The molecule has 3 N–H and O–H groups in total. The van der Waals surface area contributed by atoms with Crippen LogP contribution in [0.25, 0.3) is 0 Å². The lowest BCUT2D eigenvalue weighted by molar-refractivity contribution is -0.122. The quantitative estimate of drug-likeness (QED) is 0.792. The minimum absolute atomic E-state index is 0.195. The van der Waals surface area contributed by atoms with Crippen LogP contribution in [-0.2, 0) is 4.79 Å². The second-order valence-corrected chi connectivity index (χ2v) is 6.96. The number of nitrogens with two attached hydrogens (primary N) is 1. The first-order chi connectivity index (χ1) is 8.34. The van der Waals surface area contributed by atoms with Gasteiger partial charge >= 0.3 is 0 Å². The van der Waals surface area contributed by atoms with E-state index in [0.717, 1.165) is 13.1 Å². The van der Waals surface area contributed by atoms with Gasteiger partial charge in [-0.25, -0.2) is 0 Å². The number of rotatable bonds is 5. The molecule has 1 fully saturated rings. The molecule has 0 aromatic carbocycles. The van der Waals surface area contributed by atoms with E-state index in [9.17, 15) is 4.79 Å². The summed E-state index contributed by atoms with van der Waals surface area (Å²) in [5, 5.41) is 3.10. The van der Waals surface area contributed by atoms with Crippen molar-refractivity contribution in [1.82, 2.24) is 5.32 Å². The van der Waals surface area contributed by atoms with E-state index in [2.05, 4.69) is 33.0 Å². The van der Waals surface area contributed by atoms with Crippen LogP contribution in [0.5, 0.6) is 0 Å². The zero-order chi connectivity index (χ0) is 13.8. The molecule has 1 aliphatic rings. The third-order valence-corrected chi connectivity index (χ3v) is 4.65. The number of nitrogens with one attached hydrogen (secondary N) is 1. The van der Waals surface area contributed by atoms with E-state index in [0.29, 0.717) is 24.2 Å². The van der Waals surface area contributed by atoms with Crippen molar-refractivity contribution in [1.29, 1.82) is 0 Å². The Morgan fingerprint density at radius 1 is 1.33 bits per heavy atom. The van der Waals surface area contributed by atoms with Gasteiger partial charge in [0, 0.05) is 13.0 Å². The fraction of sp³-hybridized carbons (Fsp3) is 0.933. The largest absolute Gasteiger partial charge is 0.356 e. The SMILES string of the molecule is CC(CC(=O)NCC1CCCC1CN)C(C)(C)C. The van der Waals surface area contributed by atoms with Crippen LogP contribution in [0.2, 0.25) is 0 Å². The Balaban J connectivity index is 2.29. The molecule has 18 heavy (non-hydrogen) atoms. The maximum Gasteiger partial charge on any atom is 0.220 e. The Hall–Kier alpha value is -0.570. The van der Waals surface area contributed by atoms with Crippen LogP contribution < -0.4 is 11.1 Å². The van der Waals surface area contributed by atoms with Gasteiger partial charge in [0.15, 0.2) is 0 Å². The van der Waals surface area contributed by atoms with E-state index >= 15 is 0 Å². The van der Waals surface area contributed by atoms with Crippen molar-refractivity contribution in [3.63, 3.8) is 0 Å². The summed E-state index contributed by atoms with van der Waals surface area (Å²) in [5.74, 6) is 1.82. The lowest BCUT2D eigenvalue weighted by Gasteiger charge is -2.27. The lowest BCUT2D eigenvalue weighted by Crippen LogP contribution is -2.34. The summed E-state index contributed by atoms with van der Waals surface area (Å²) in [4.78, 5) is 11.9.